The van der Waals surface area contributed by atoms with Crippen LogP contribution in [0.2, 0.25) is 0 Å². The number of aryl methyl sites for hydroxylation is 2. The summed E-state index contributed by atoms with van der Waals surface area (Å²) in [5, 5.41) is 0. The zero-order valence-corrected chi connectivity index (χ0v) is 16.5. The zero-order chi connectivity index (χ0) is 21.4. The van der Waals surface area contributed by atoms with Crippen LogP contribution >= 0.6 is 0 Å². The number of hydrogen-bond donors (Lipinski definition) is 0. The monoisotopic (exact) mass is 416 g/mol. The van der Waals surface area contributed by atoms with Gasteiger partial charge in [-0.25, -0.2) is 22.0 Å². The van der Waals surface area contributed by atoms with Crippen LogP contribution in [0.25, 0.3) is 11.1 Å². The highest BCUT2D eigenvalue weighted by atomic mass is 19.2. The van der Waals surface area contributed by atoms with E-state index in [1.165, 1.54) is 12.1 Å². The van der Waals surface area contributed by atoms with Crippen LogP contribution in [0.3, 0.4) is 0 Å². The lowest BCUT2D eigenvalue weighted by Gasteiger charge is -2.26. The van der Waals surface area contributed by atoms with Crippen molar-refractivity contribution in [3.8, 4) is 11.1 Å². The lowest BCUT2D eigenvalue weighted by molar-refractivity contribution is 0.447. The molecule has 0 bridgehead atoms. The molecule has 0 N–H and O–H groups in total. The molecule has 5 heteroatoms. The highest BCUT2D eigenvalue weighted by molar-refractivity contribution is 5.65. The highest BCUT2D eigenvalue weighted by Crippen LogP contribution is 2.37. The standard InChI is InChI=1S/C25H21F5/c1-2-3-14-8-20(26)24(21(27)9-14)18-7-6-15-10-17(5-4-16(15)11-18)19-12-22(28)25(30)23(29)13-19/h4-5,8-10,12-13,18H,2-3,6-7,11H2,1H3. The Morgan fingerprint density at radius 3 is 2.07 bits per heavy atom. The third-order valence-electron chi connectivity index (χ3n) is 5.84. The van der Waals surface area contributed by atoms with Gasteiger partial charge in [0.25, 0.3) is 0 Å². The largest absolute Gasteiger partial charge is 0.207 e. The van der Waals surface area contributed by atoms with E-state index in [4.69, 9.17) is 0 Å². The highest BCUT2D eigenvalue weighted by Gasteiger charge is 2.26. The van der Waals surface area contributed by atoms with Gasteiger partial charge in [-0.2, -0.15) is 0 Å². The van der Waals surface area contributed by atoms with E-state index < -0.39 is 29.1 Å². The van der Waals surface area contributed by atoms with Gasteiger partial charge in [0.1, 0.15) is 11.6 Å². The van der Waals surface area contributed by atoms with Crippen molar-refractivity contribution in [3.63, 3.8) is 0 Å². The molecule has 1 aliphatic carbocycles. The van der Waals surface area contributed by atoms with E-state index in [0.717, 1.165) is 29.7 Å². The van der Waals surface area contributed by atoms with Gasteiger partial charge >= 0.3 is 0 Å². The molecule has 0 fully saturated rings. The van der Waals surface area contributed by atoms with E-state index in [2.05, 4.69) is 0 Å². The van der Waals surface area contributed by atoms with Crippen molar-refractivity contribution in [2.45, 2.75) is 44.9 Å². The molecule has 0 aliphatic heterocycles. The maximum absolute atomic E-state index is 14.6. The minimum Gasteiger partial charge on any atom is -0.207 e. The van der Waals surface area contributed by atoms with Crippen molar-refractivity contribution in [2.24, 2.45) is 0 Å². The van der Waals surface area contributed by atoms with Gasteiger partial charge in [-0.15, -0.1) is 0 Å². The van der Waals surface area contributed by atoms with Crippen LogP contribution < -0.4 is 0 Å². The Bertz CT molecular complexity index is 1060. The fraction of sp³-hybridized carbons (Fsp3) is 0.280. The first-order chi connectivity index (χ1) is 14.4. The van der Waals surface area contributed by atoms with Gasteiger partial charge in [0, 0.05) is 5.56 Å². The van der Waals surface area contributed by atoms with Crippen LogP contribution in [0.15, 0.2) is 42.5 Å². The Balaban J connectivity index is 1.62. The van der Waals surface area contributed by atoms with Crippen LogP contribution in [-0.2, 0) is 19.3 Å². The number of rotatable bonds is 4. The second kappa shape index (κ2) is 8.21. The molecule has 0 saturated heterocycles. The van der Waals surface area contributed by atoms with Crippen molar-refractivity contribution in [1.29, 1.82) is 0 Å². The van der Waals surface area contributed by atoms with Crippen molar-refractivity contribution in [2.75, 3.05) is 0 Å². The maximum atomic E-state index is 14.6. The van der Waals surface area contributed by atoms with Gasteiger partial charge in [-0.1, -0.05) is 31.5 Å². The fourth-order valence-electron chi connectivity index (χ4n) is 4.36. The lowest BCUT2D eigenvalue weighted by atomic mass is 9.78. The molecule has 3 aromatic rings. The Morgan fingerprint density at radius 2 is 1.43 bits per heavy atom. The first-order valence-electron chi connectivity index (χ1n) is 10.1. The quantitative estimate of drug-likeness (QED) is 0.310. The molecule has 0 radical (unpaired) electrons. The van der Waals surface area contributed by atoms with E-state index in [1.807, 2.05) is 19.1 Å². The second-order valence-electron chi connectivity index (χ2n) is 7.90. The summed E-state index contributed by atoms with van der Waals surface area (Å²) in [5.74, 6) is -5.23. The van der Waals surface area contributed by atoms with Crippen LogP contribution in [0.5, 0.6) is 0 Å². The predicted octanol–water partition coefficient (Wildman–Crippen LogP) is 7.27. The van der Waals surface area contributed by atoms with Crippen molar-refractivity contribution >= 4 is 0 Å². The van der Waals surface area contributed by atoms with E-state index in [9.17, 15) is 22.0 Å². The molecule has 0 aromatic heterocycles. The summed E-state index contributed by atoms with van der Waals surface area (Å²) in [6, 6.07) is 10.1. The third kappa shape index (κ3) is 3.85. The van der Waals surface area contributed by atoms with Crippen LogP contribution in [-0.4, -0.2) is 0 Å². The average Bonchev–Trinajstić information content (AvgIpc) is 2.71. The van der Waals surface area contributed by atoms with Crippen LogP contribution in [0.1, 0.15) is 47.9 Å². The van der Waals surface area contributed by atoms with Gasteiger partial charge < -0.3 is 0 Å². The molecule has 0 nitrogen and oxygen atoms in total. The van der Waals surface area contributed by atoms with Crippen LogP contribution in [0, 0.1) is 29.1 Å². The average molecular weight is 416 g/mol. The second-order valence-corrected chi connectivity index (χ2v) is 7.90. The number of hydrogen-bond acceptors (Lipinski definition) is 0. The van der Waals surface area contributed by atoms with E-state index in [-0.39, 0.29) is 17.0 Å². The van der Waals surface area contributed by atoms with Gasteiger partial charge in [0.2, 0.25) is 0 Å². The number of halogens is 5. The molecule has 30 heavy (non-hydrogen) atoms. The molecule has 1 unspecified atom stereocenters. The molecule has 1 aliphatic rings. The summed E-state index contributed by atoms with van der Waals surface area (Å²) in [5.41, 5.74) is 3.54. The molecule has 0 spiro atoms. The van der Waals surface area contributed by atoms with E-state index in [0.29, 0.717) is 36.8 Å². The Kier molecular flexibility index (Phi) is 5.63. The molecule has 3 aromatic carbocycles. The van der Waals surface area contributed by atoms with Gasteiger partial charge in [0.05, 0.1) is 0 Å². The summed E-state index contributed by atoms with van der Waals surface area (Å²) >= 11 is 0. The van der Waals surface area contributed by atoms with Gasteiger partial charge in [0.15, 0.2) is 17.5 Å². The number of benzene rings is 3. The van der Waals surface area contributed by atoms with Crippen molar-refractivity contribution in [3.05, 3.63) is 93.8 Å². The molecular formula is C25H21F5. The molecular weight excluding hydrogens is 395 g/mol. The summed E-state index contributed by atoms with van der Waals surface area (Å²) in [6.45, 7) is 1.96. The number of fused-ring (bicyclic) bond motifs is 1. The smallest absolute Gasteiger partial charge is 0.194 e. The molecule has 156 valence electrons. The molecule has 0 saturated carbocycles. The lowest BCUT2D eigenvalue weighted by Crippen LogP contribution is -2.16. The minimum atomic E-state index is -1.49. The Labute approximate surface area is 172 Å². The van der Waals surface area contributed by atoms with Crippen molar-refractivity contribution < 1.29 is 22.0 Å². The Hall–Kier alpha value is -2.69. The van der Waals surface area contributed by atoms with Crippen LogP contribution in [0.4, 0.5) is 22.0 Å². The van der Waals surface area contributed by atoms with Crippen molar-refractivity contribution in [1.82, 2.24) is 0 Å². The van der Waals surface area contributed by atoms with Gasteiger partial charge in [-0.3, -0.25) is 0 Å². The minimum absolute atomic E-state index is 0.132. The fourth-order valence-corrected chi connectivity index (χ4v) is 4.36. The zero-order valence-electron chi connectivity index (χ0n) is 16.5. The summed E-state index contributed by atoms with van der Waals surface area (Å²) in [4.78, 5) is 0. The SMILES string of the molecule is CCCc1cc(F)c(C2CCc3cc(-c4cc(F)c(F)c(F)c4)ccc3C2)c(F)c1. The summed E-state index contributed by atoms with van der Waals surface area (Å²) in [7, 11) is 0. The topological polar surface area (TPSA) is 0 Å². The first-order valence-corrected chi connectivity index (χ1v) is 10.1. The molecule has 1 atom stereocenters. The molecule has 0 heterocycles. The summed E-state index contributed by atoms with van der Waals surface area (Å²) in [6.07, 6.45) is 3.11. The first kappa shape index (κ1) is 20.6. The third-order valence-corrected chi connectivity index (χ3v) is 5.84. The molecule has 4 rings (SSSR count). The predicted molar refractivity (Wildman–Crippen MR) is 107 cm³/mol. The normalized spacial score (nSPS) is 15.9. The summed E-state index contributed by atoms with van der Waals surface area (Å²) < 4.78 is 69.7. The maximum Gasteiger partial charge on any atom is 0.194 e. The van der Waals surface area contributed by atoms with Gasteiger partial charge in [-0.05, 0) is 83.7 Å². The van der Waals surface area contributed by atoms with E-state index in [1.54, 1.807) is 6.07 Å². The Morgan fingerprint density at radius 1 is 0.767 bits per heavy atom. The van der Waals surface area contributed by atoms with E-state index >= 15 is 0 Å². The molecule has 0 amide bonds.